The average Bonchev–Trinajstić information content (AvgIpc) is 2.84. The molecule has 3 rings (SSSR count). The second-order valence-electron chi connectivity index (χ2n) is 6.65. The van der Waals surface area contributed by atoms with Gasteiger partial charge in [0.05, 0.1) is 5.39 Å². The van der Waals surface area contributed by atoms with Crippen LogP contribution in [-0.4, -0.2) is 16.1 Å². The van der Waals surface area contributed by atoms with E-state index in [1.807, 2.05) is 0 Å². The van der Waals surface area contributed by atoms with E-state index in [4.69, 9.17) is 10.5 Å². The van der Waals surface area contributed by atoms with Gasteiger partial charge in [-0.1, -0.05) is 20.8 Å². The Kier molecular flexibility index (Phi) is 3.78. The van der Waals surface area contributed by atoms with Crippen molar-refractivity contribution >= 4 is 27.5 Å². The highest BCUT2D eigenvalue weighted by atomic mass is 32.1. The Labute approximate surface area is 129 Å². The van der Waals surface area contributed by atoms with Gasteiger partial charge in [-0.2, -0.15) is 4.98 Å². The minimum Gasteiger partial charge on any atom is -0.474 e. The summed E-state index contributed by atoms with van der Waals surface area (Å²) in [5.74, 6) is 0.969. The summed E-state index contributed by atoms with van der Waals surface area (Å²) in [6, 6.07) is 2.14. The summed E-state index contributed by atoms with van der Waals surface area (Å²) in [7, 11) is 0. The maximum atomic E-state index is 6.18. The molecular formula is C16H23N3OS. The number of nitrogen functional groups attached to an aromatic ring is 1. The maximum Gasteiger partial charge on any atom is 0.227 e. The summed E-state index contributed by atoms with van der Waals surface area (Å²) in [4.78, 5) is 10.9. The van der Waals surface area contributed by atoms with Crippen LogP contribution in [0.1, 0.15) is 51.3 Å². The van der Waals surface area contributed by atoms with Crippen LogP contribution in [0.5, 0.6) is 5.88 Å². The molecule has 0 amide bonds. The molecule has 1 fully saturated rings. The molecule has 0 spiro atoms. The summed E-state index contributed by atoms with van der Waals surface area (Å²) >= 11 is 1.68. The molecule has 4 nitrogen and oxygen atoms in total. The molecule has 0 aliphatic heterocycles. The summed E-state index contributed by atoms with van der Waals surface area (Å²) in [6.45, 7) is 6.80. The van der Waals surface area contributed by atoms with Crippen LogP contribution in [0.4, 0.5) is 5.95 Å². The molecule has 1 aliphatic rings. The summed E-state index contributed by atoms with van der Waals surface area (Å²) in [6.07, 6.45) is 5.82. The largest absolute Gasteiger partial charge is 0.474 e. The van der Waals surface area contributed by atoms with Gasteiger partial charge in [0.15, 0.2) is 0 Å². The SMILES string of the molecule is CCc1cc2c(OC3CCC(C)(C)CC3)nc(N)nc2s1. The third kappa shape index (κ3) is 3.12. The lowest BCUT2D eigenvalue weighted by Crippen LogP contribution is -2.28. The molecule has 2 heterocycles. The molecule has 2 aromatic rings. The number of thiophene rings is 1. The van der Waals surface area contributed by atoms with Crippen molar-refractivity contribution in [2.45, 2.75) is 59.0 Å². The van der Waals surface area contributed by atoms with E-state index in [0.29, 0.717) is 17.2 Å². The summed E-state index contributed by atoms with van der Waals surface area (Å²) in [5, 5.41) is 1.01. The van der Waals surface area contributed by atoms with E-state index in [1.54, 1.807) is 11.3 Å². The molecular weight excluding hydrogens is 282 g/mol. The Hall–Kier alpha value is -1.36. The van der Waals surface area contributed by atoms with Crippen LogP contribution < -0.4 is 10.5 Å². The van der Waals surface area contributed by atoms with Crippen molar-refractivity contribution in [3.05, 3.63) is 10.9 Å². The van der Waals surface area contributed by atoms with Gasteiger partial charge in [-0.15, -0.1) is 11.3 Å². The number of ether oxygens (including phenoxy) is 1. The van der Waals surface area contributed by atoms with Crippen molar-refractivity contribution in [2.75, 3.05) is 5.73 Å². The van der Waals surface area contributed by atoms with Gasteiger partial charge in [0.25, 0.3) is 0 Å². The molecule has 5 heteroatoms. The zero-order chi connectivity index (χ0) is 15.0. The van der Waals surface area contributed by atoms with E-state index in [0.717, 1.165) is 29.5 Å². The van der Waals surface area contributed by atoms with Crippen molar-refractivity contribution < 1.29 is 4.74 Å². The van der Waals surface area contributed by atoms with Crippen molar-refractivity contribution in [3.8, 4) is 5.88 Å². The Morgan fingerprint density at radius 3 is 2.71 bits per heavy atom. The van der Waals surface area contributed by atoms with Gasteiger partial charge in [0, 0.05) is 4.88 Å². The topological polar surface area (TPSA) is 61.0 Å². The number of aryl methyl sites for hydroxylation is 1. The Morgan fingerprint density at radius 2 is 2.05 bits per heavy atom. The van der Waals surface area contributed by atoms with Crippen molar-refractivity contribution in [1.82, 2.24) is 9.97 Å². The second kappa shape index (κ2) is 5.44. The van der Waals surface area contributed by atoms with Gasteiger partial charge in [-0.25, -0.2) is 4.98 Å². The lowest BCUT2D eigenvalue weighted by molar-refractivity contribution is 0.0964. The molecule has 0 unspecified atom stereocenters. The van der Waals surface area contributed by atoms with Gasteiger partial charge in [0.1, 0.15) is 10.9 Å². The quantitative estimate of drug-likeness (QED) is 0.924. The molecule has 2 aromatic heterocycles. The Bertz CT molecular complexity index is 640. The van der Waals surface area contributed by atoms with Crippen LogP contribution in [0.15, 0.2) is 6.07 Å². The third-order valence-corrected chi connectivity index (χ3v) is 5.51. The van der Waals surface area contributed by atoms with Gasteiger partial charge < -0.3 is 10.5 Å². The van der Waals surface area contributed by atoms with Crippen LogP contribution in [0, 0.1) is 5.41 Å². The van der Waals surface area contributed by atoms with E-state index >= 15 is 0 Å². The zero-order valence-electron chi connectivity index (χ0n) is 13.0. The number of fused-ring (bicyclic) bond motifs is 1. The molecule has 1 saturated carbocycles. The molecule has 1 aliphatic carbocycles. The van der Waals surface area contributed by atoms with E-state index in [-0.39, 0.29) is 6.10 Å². The standard InChI is InChI=1S/C16H23N3OS/c1-4-11-9-12-13(18-15(17)19-14(12)21-11)20-10-5-7-16(2,3)8-6-10/h9-10H,4-8H2,1-3H3,(H2,17,18,19). The predicted octanol–water partition coefficient (Wildman–Crippen LogP) is 4.18. The predicted molar refractivity (Wildman–Crippen MR) is 87.9 cm³/mol. The molecule has 0 radical (unpaired) electrons. The number of aromatic nitrogens is 2. The first kappa shape index (κ1) is 14.6. The zero-order valence-corrected chi connectivity index (χ0v) is 13.8. The average molecular weight is 305 g/mol. The molecule has 0 atom stereocenters. The van der Waals surface area contributed by atoms with Gasteiger partial charge >= 0.3 is 0 Å². The first-order valence-electron chi connectivity index (χ1n) is 7.69. The first-order chi connectivity index (χ1) is 9.97. The third-order valence-electron chi connectivity index (χ3n) is 4.34. The van der Waals surface area contributed by atoms with Crippen LogP contribution in [0.2, 0.25) is 0 Å². The summed E-state index contributed by atoms with van der Waals surface area (Å²) < 4.78 is 6.18. The number of nitrogens with two attached hydrogens (primary N) is 1. The highest BCUT2D eigenvalue weighted by molar-refractivity contribution is 7.18. The first-order valence-corrected chi connectivity index (χ1v) is 8.51. The van der Waals surface area contributed by atoms with Crippen LogP contribution >= 0.6 is 11.3 Å². The fourth-order valence-electron chi connectivity index (χ4n) is 2.87. The van der Waals surface area contributed by atoms with E-state index in [2.05, 4.69) is 36.8 Å². The van der Waals surface area contributed by atoms with Crippen molar-refractivity contribution in [1.29, 1.82) is 0 Å². The monoisotopic (exact) mass is 305 g/mol. The van der Waals surface area contributed by atoms with Gasteiger partial charge in [-0.05, 0) is 43.6 Å². The number of nitrogens with zero attached hydrogens (tertiary/aromatic N) is 2. The maximum absolute atomic E-state index is 6.18. The highest BCUT2D eigenvalue weighted by Gasteiger charge is 2.28. The molecule has 0 aromatic carbocycles. The van der Waals surface area contributed by atoms with E-state index < -0.39 is 0 Å². The van der Waals surface area contributed by atoms with Crippen molar-refractivity contribution in [3.63, 3.8) is 0 Å². The molecule has 0 saturated heterocycles. The highest BCUT2D eigenvalue weighted by Crippen LogP contribution is 2.38. The Morgan fingerprint density at radius 1 is 1.33 bits per heavy atom. The van der Waals surface area contributed by atoms with Crippen molar-refractivity contribution in [2.24, 2.45) is 5.41 Å². The smallest absolute Gasteiger partial charge is 0.227 e. The molecule has 114 valence electrons. The minimum atomic E-state index is 0.250. The molecule has 21 heavy (non-hydrogen) atoms. The fourth-order valence-corrected chi connectivity index (χ4v) is 3.84. The van der Waals surface area contributed by atoms with Crippen LogP contribution in [0.25, 0.3) is 10.2 Å². The number of rotatable bonds is 3. The molecule has 2 N–H and O–H groups in total. The van der Waals surface area contributed by atoms with Crippen LogP contribution in [0.3, 0.4) is 0 Å². The number of hydrogen-bond acceptors (Lipinski definition) is 5. The second-order valence-corrected chi connectivity index (χ2v) is 7.77. The normalized spacial score (nSPS) is 19.0. The number of hydrogen-bond donors (Lipinski definition) is 1. The lowest BCUT2D eigenvalue weighted by Gasteiger charge is -2.34. The van der Waals surface area contributed by atoms with Gasteiger partial charge in [-0.3, -0.25) is 0 Å². The molecule has 0 bridgehead atoms. The van der Waals surface area contributed by atoms with Gasteiger partial charge in [0.2, 0.25) is 11.8 Å². The minimum absolute atomic E-state index is 0.250. The van der Waals surface area contributed by atoms with E-state index in [9.17, 15) is 0 Å². The Balaban J connectivity index is 1.85. The lowest BCUT2D eigenvalue weighted by atomic mass is 9.76. The van der Waals surface area contributed by atoms with E-state index in [1.165, 1.54) is 17.7 Å². The fraction of sp³-hybridized carbons (Fsp3) is 0.625. The summed E-state index contributed by atoms with van der Waals surface area (Å²) in [5.41, 5.74) is 6.27. The number of anilines is 1. The van der Waals surface area contributed by atoms with Crippen LogP contribution in [-0.2, 0) is 6.42 Å².